The van der Waals surface area contributed by atoms with Crippen LogP contribution in [0.5, 0.6) is 0 Å². The highest BCUT2D eigenvalue weighted by molar-refractivity contribution is 9.10. The third kappa shape index (κ3) is 5.73. The van der Waals surface area contributed by atoms with Gasteiger partial charge in [0.1, 0.15) is 0 Å². The largest absolute Gasteiger partial charge is 0.354 e. The van der Waals surface area contributed by atoms with Crippen LogP contribution in [-0.4, -0.2) is 40.8 Å². The van der Waals surface area contributed by atoms with E-state index in [4.69, 9.17) is 0 Å². The third-order valence-corrected chi connectivity index (χ3v) is 6.20. The molecule has 1 N–H and O–H groups in total. The van der Waals surface area contributed by atoms with Gasteiger partial charge in [0.2, 0.25) is 5.91 Å². The number of nitrogens with zero attached hydrogens (tertiary/aromatic N) is 1. The van der Waals surface area contributed by atoms with Gasteiger partial charge >= 0.3 is 0 Å². The average Bonchev–Trinajstić information content (AvgIpc) is 2.94. The predicted octanol–water partition coefficient (Wildman–Crippen LogP) is 4.39. The number of rotatable bonds is 7. The number of benzene rings is 2. The maximum Gasteiger partial charge on any atom is 0.293 e. The number of nitrogens with one attached hydrogen (secondary N) is 1. The normalized spacial score (nSPS) is 15.3. The molecular weight excluding hydrogens is 460 g/mol. The van der Waals surface area contributed by atoms with Crippen LogP contribution in [0.2, 0.25) is 0 Å². The molecule has 0 radical (unpaired) electrons. The fourth-order valence-corrected chi connectivity index (χ4v) is 4.50. The molecule has 0 atom stereocenters. The first kappa shape index (κ1) is 20.7. The summed E-state index contributed by atoms with van der Waals surface area (Å²) >= 11 is 5.74. The first-order valence-electron chi connectivity index (χ1n) is 8.48. The third-order valence-electron chi connectivity index (χ3n) is 3.79. The Labute approximate surface area is 180 Å². The summed E-state index contributed by atoms with van der Waals surface area (Å²) in [7, 11) is 0. The van der Waals surface area contributed by atoms with Crippen molar-refractivity contribution in [3.05, 3.63) is 69.5 Å². The van der Waals surface area contributed by atoms with Gasteiger partial charge in [-0.2, -0.15) is 0 Å². The van der Waals surface area contributed by atoms with Crippen LogP contribution in [0, 0.1) is 0 Å². The maximum absolute atomic E-state index is 12.5. The summed E-state index contributed by atoms with van der Waals surface area (Å²) in [6.07, 6.45) is 1.70. The monoisotopic (exact) mass is 476 g/mol. The Morgan fingerprint density at radius 2 is 1.93 bits per heavy atom. The van der Waals surface area contributed by atoms with Gasteiger partial charge in [0.25, 0.3) is 11.1 Å². The molecule has 0 unspecified atom stereocenters. The summed E-state index contributed by atoms with van der Waals surface area (Å²) in [6, 6.07) is 17.1. The SMILES string of the molecule is O=C(CSc1ccccc1)NCCN1C(=O)SC(=Cc2cccc(Br)c2)C1=O. The Hall–Kier alpha value is -2.03. The van der Waals surface area contributed by atoms with Crippen LogP contribution in [0.15, 0.2) is 68.9 Å². The Morgan fingerprint density at radius 1 is 1.14 bits per heavy atom. The van der Waals surface area contributed by atoms with Gasteiger partial charge in [-0.1, -0.05) is 46.3 Å². The number of carbonyl (C=O) groups excluding carboxylic acids is 3. The van der Waals surface area contributed by atoms with Gasteiger partial charge < -0.3 is 5.32 Å². The summed E-state index contributed by atoms with van der Waals surface area (Å²) in [5, 5.41) is 2.43. The Bertz CT molecular complexity index is 919. The standard InChI is InChI=1S/C20H17BrN2O3S2/c21-15-6-4-5-14(11-15)12-17-19(25)23(20(26)28-17)10-9-22-18(24)13-27-16-7-2-1-3-8-16/h1-8,11-12H,9-10,13H2,(H,22,24). The van der Waals surface area contributed by atoms with Crippen molar-refractivity contribution in [1.29, 1.82) is 0 Å². The number of imide groups is 1. The van der Waals surface area contributed by atoms with Gasteiger partial charge in [-0.25, -0.2) is 0 Å². The summed E-state index contributed by atoms with van der Waals surface area (Å²) < 4.78 is 0.900. The topological polar surface area (TPSA) is 66.5 Å². The highest BCUT2D eigenvalue weighted by Gasteiger charge is 2.34. The highest BCUT2D eigenvalue weighted by Crippen LogP contribution is 2.32. The van der Waals surface area contributed by atoms with Gasteiger partial charge in [0.05, 0.1) is 10.7 Å². The van der Waals surface area contributed by atoms with E-state index in [9.17, 15) is 14.4 Å². The van der Waals surface area contributed by atoms with Crippen molar-refractivity contribution in [3.63, 3.8) is 0 Å². The quantitative estimate of drug-likeness (QED) is 0.473. The van der Waals surface area contributed by atoms with E-state index < -0.39 is 0 Å². The van der Waals surface area contributed by atoms with Crippen molar-refractivity contribution in [1.82, 2.24) is 10.2 Å². The van der Waals surface area contributed by atoms with Crippen molar-refractivity contribution in [2.24, 2.45) is 0 Å². The molecule has 3 amide bonds. The first-order valence-corrected chi connectivity index (χ1v) is 11.1. The second kappa shape index (κ2) is 9.95. The molecule has 1 aliphatic heterocycles. The molecule has 0 aliphatic carbocycles. The molecule has 1 heterocycles. The zero-order valence-electron chi connectivity index (χ0n) is 14.8. The summed E-state index contributed by atoms with van der Waals surface area (Å²) in [5.41, 5.74) is 0.839. The lowest BCUT2D eigenvalue weighted by atomic mass is 10.2. The fraction of sp³-hybridized carbons (Fsp3) is 0.150. The molecule has 5 nitrogen and oxygen atoms in total. The number of thioether (sulfide) groups is 2. The molecule has 144 valence electrons. The molecule has 1 aliphatic rings. The Balaban J connectivity index is 1.48. The minimum absolute atomic E-state index is 0.134. The zero-order valence-corrected chi connectivity index (χ0v) is 18.0. The van der Waals surface area contributed by atoms with Crippen LogP contribution in [-0.2, 0) is 9.59 Å². The molecule has 0 bridgehead atoms. The van der Waals surface area contributed by atoms with E-state index in [-0.39, 0.29) is 35.9 Å². The van der Waals surface area contributed by atoms with Crippen LogP contribution >= 0.6 is 39.5 Å². The molecule has 1 fully saturated rings. The molecule has 3 rings (SSSR count). The second-order valence-corrected chi connectivity index (χ2v) is 8.80. The molecule has 2 aromatic rings. The lowest BCUT2D eigenvalue weighted by Crippen LogP contribution is -2.37. The molecule has 0 saturated carbocycles. The molecule has 0 spiro atoms. The fourth-order valence-electron chi connectivity index (χ4n) is 2.46. The van der Waals surface area contributed by atoms with Gasteiger partial charge in [-0.15, -0.1) is 11.8 Å². The summed E-state index contributed by atoms with van der Waals surface area (Å²) in [4.78, 5) is 39.1. The van der Waals surface area contributed by atoms with E-state index >= 15 is 0 Å². The van der Waals surface area contributed by atoms with E-state index in [2.05, 4.69) is 21.2 Å². The number of hydrogen-bond acceptors (Lipinski definition) is 5. The van der Waals surface area contributed by atoms with E-state index in [1.807, 2.05) is 54.6 Å². The zero-order chi connectivity index (χ0) is 19.9. The van der Waals surface area contributed by atoms with E-state index in [0.717, 1.165) is 26.7 Å². The minimum Gasteiger partial charge on any atom is -0.354 e. The van der Waals surface area contributed by atoms with Crippen molar-refractivity contribution in [3.8, 4) is 0 Å². The number of hydrogen-bond donors (Lipinski definition) is 1. The highest BCUT2D eigenvalue weighted by atomic mass is 79.9. The van der Waals surface area contributed by atoms with E-state index in [1.54, 1.807) is 6.08 Å². The number of carbonyl (C=O) groups is 3. The molecule has 0 aromatic heterocycles. The Morgan fingerprint density at radius 3 is 2.68 bits per heavy atom. The predicted molar refractivity (Wildman–Crippen MR) is 117 cm³/mol. The molecular formula is C20H17BrN2O3S2. The molecule has 28 heavy (non-hydrogen) atoms. The molecule has 2 aromatic carbocycles. The minimum atomic E-state index is -0.331. The van der Waals surface area contributed by atoms with E-state index in [0.29, 0.717) is 4.91 Å². The number of halogens is 1. The van der Waals surface area contributed by atoms with Crippen LogP contribution < -0.4 is 5.32 Å². The van der Waals surface area contributed by atoms with Crippen molar-refractivity contribution < 1.29 is 14.4 Å². The van der Waals surface area contributed by atoms with Crippen molar-refractivity contribution in [2.45, 2.75) is 4.90 Å². The smallest absolute Gasteiger partial charge is 0.293 e. The van der Waals surface area contributed by atoms with Crippen LogP contribution in [0.1, 0.15) is 5.56 Å². The van der Waals surface area contributed by atoms with E-state index in [1.165, 1.54) is 16.7 Å². The van der Waals surface area contributed by atoms with Gasteiger partial charge in [0.15, 0.2) is 0 Å². The van der Waals surface area contributed by atoms with Crippen LogP contribution in [0.3, 0.4) is 0 Å². The van der Waals surface area contributed by atoms with Crippen LogP contribution in [0.4, 0.5) is 4.79 Å². The van der Waals surface area contributed by atoms with Gasteiger partial charge in [-0.3, -0.25) is 19.3 Å². The lowest BCUT2D eigenvalue weighted by Gasteiger charge is -2.13. The molecule has 8 heteroatoms. The van der Waals surface area contributed by atoms with Gasteiger partial charge in [-0.05, 0) is 47.7 Å². The van der Waals surface area contributed by atoms with Gasteiger partial charge in [0, 0.05) is 22.5 Å². The Kier molecular flexibility index (Phi) is 7.36. The van der Waals surface area contributed by atoms with Crippen molar-refractivity contribution in [2.75, 3.05) is 18.8 Å². The summed E-state index contributed by atoms with van der Waals surface area (Å²) in [5.74, 6) is -0.178. The second-order valence-electron chi connectivity index (χ2n) is 5.84. The maximum atomic E-state index is 12.5. The average molecular weight is 477 g/mol. The first-order chi connectivity index (χ1) is 13.5. The molecule has 1 saturated heterocycles. The lowest BCUT2D eigenvalue weighted by molar-refractivity contribution is -0.123. The van der Waals surface area contributed by atoms with Crippen LogP contribution in [0.25, 0.3) is 6.08 Å². The summed E-state index contributed by atoms with van der Waals surface area (Å²) in [6.45, 7) is 0.388. The number of amides is 3. The van der Waals surface area contributed by atoms with Crippen molar-refractivity contribution >= 4 is 62.6 Å².